The second-order valence-electron chi connectivity index (χ2n) is 15.6. The van der Waals surface area contributed by atoms with E-state index < -0.39 is 115 Å². The number of nitrogens with one attached hydrogen (secondary N) is 8. The molecule has 0 saturated heterocycles. The van der Waals surface area contributed by atoms with Crippen LogP contribution in [0.5, 0.6) is 5.75 Å². The Bertz CT molecular complexity index is 1920. The molecule has 0 aromatic heterocycles. The first-order valence-electron chi connectivity index (χ1n) is 21.4. The van der Waals surface area contributed by atoms with Gasteiger partial charge >= 0.3 is 0 Å². The number of phenols is 1. The van der Waals surface area contributed by atoms with Crippen LogP contribution in [0, 0.1) is 0 Å². The highest BCUT2D eigenvalue weighted by atomic mass is 16.3. The number of rotatable bonds is 32. The van der Waals surface area contributed by atoms with E-state index in [0.29, 0.717) is 11.1 Å². The van der Waals surface area contributed by atoms with Gasteiger partial charge in [0.25, 0.3) is 0 Å². The summed E-state index contributed by atoms with van der Waals surface area (Å²) < 4.78 is 0. The molecule has 0 saturated carbocycles. The molecule has 0 fully saturated rings. The fraction of sp³-hybridized carbons (Fsp3) is 0.500. The van der Waals surface area contributed by atoms with Gasteiger partial charge in [-0.3, -0.25) is 65.7 Å². The largest absolute Gasteiger partial charge is 0.508 e. The molecule has 66 heavy (non-hydrogen) atoms. The molecule has 7 atom stereocenters. The lowest BCUT2D eigenvalue weighted by Crippen LogP contribution is -2.60. The van der Waals surface area contributed by atoms with Gasteiger partial charge in [0.2, 0.25) is 53.2 Å². The average molecular weight is 928 g/mol. The molecule has 0 aliphatic heterocycles. The van der Waals surface area contributed by atoms with Crippen molar-refractivity contribution < 1.29 is 53.4 Å². The number of hydrazine groups is 2. The zero-order valence-corrected chi connectivity index (χ0v) is 36.9. The van der Waals surface area contributed by atoms with Gasteiger partial charge in [-0.15, -0.1) is 0 Å². The maximum atomic E-state index is 14.2. The van der Waals surface area contributed by atoms with Crippen LogP contribution >= 0.6 is 0 Å². The Morgan fingerprint density at radius 3 is 1.32 bits per heavy atom. The van der Waals surface area contributed by atoms with Crippen molar-refractivity contribution in [2.45, 2.75) is 120 Å². The van der Waals surface area contributed by atoms with Crippen LogP contribution in [0.2, 0.25) is 0 Å². The van der Waals surface area contributed by atoms with Crippen LogP contribution < -0.4 is 71.6 Å². The maximum Gasteiger partial charge on any atom is 0.243 e. The third-order valence-electron chi connectivity index (χ3n) is 9.97. The third kappa shape index (κ3) is 21.8. The summed E-state index contributed by atoms with van der Waals surface area (Å²) in [5.41, 5.74) is 22.4. The predicted octanol–water partition coefficient (Wildman–Crippen LogP) is -4.64. The molecular formula is C42H65N13O11. The zero-order valence-electron chi connectivity index (χ0n) is 36.9. The molecule has 0 unspecified atom stereocenters. The molecule has 24 heteroatoms. The number of hydrogen-bond donors (Lipinski definition) is 15. The first kappa shape index (κ1) is 55.4. The molecule has 24 nitrogen and oxygen atoms in total. The van der Waals surface area contributed by atoms with E-state index >= 15 is 0 Å². The lowest BCUT2D eigenvalue weighted by atomic mass is 10.0. The summed E-state index contributed by atoms with van der Waals surface area (Å²) in [5.74, 6) is 2.96. The Hall–Kier alpha value is -6.73. The van der Waals surface area contributed by atoms with Gasteiger partial charge in [-0.05, 0) is 68.7 Å². The van der Waals surface area contributed by atoms with Crippen molar-refractivity contribution in [2.75, 3.05) is 13.1 Å². The minimum absolute atomic E-state index is 0.00315. The Labute approximate surface area is 382 Å². The van der Waals surface area contributed by atoms with E-state index in [1.54, 1.807) is 30.3 Å². The van der Waals surface area contributed by atoms with Crippen molar-refractivity contribution >= 4 is 53.2 Å². The minimum Gasteiger partial charge on any atom is -0.508 e. The van der Waals surface area contributed by atoms with E-state index in [-0.39, 0.29) is 70.2 Å². The maximum absolute atomic E-state index is 14.2. The Morgan fingerprint density at radius 1 is 0.515 bits per heavy atom. The fourth-order valence-electron chi connectivity index (χ4n) is 6.50. The molecule has 20 N–H and O–H groups in total. The Kier molecular flexibility index (Phi) is 24.9. The summed E-state index contributed by atoms with van der Waals surface area (Å²) in [4.78, 5) is 118. The van der Waals surface area contributed by atoms with Crippen LogP contribution in [0.15, 0.2) is 54.6 Å². The number of aliphatic hydroxyl groups is 1. The molecule has 0 aliphatic carbocycles. The van der Waals surface area contributed by atoms with Gasteiger partial charge in [0.15, 0.2) is 0 Å². The summed E-state index contributed by atoms with van der Waals surface area (Å²) in [6.45, 7) is 1.84. The minimum atomic E-state index is -1.60. The van der Waals surface area contributed by atoms with Gasteiger partial charge in [-0.1, -0.05) is 42.5 Å². The molecule has 0 aliphatic rings. The van der Waals surface area contributed by atoms with Crippen molar-refractivity contribution in [3.05, 3.63) is 65.7 Å². The van der Waals surface area contributed by atoms with Crippen molar-refractivity contribution in [3.8, 4) is 5.75 Å². The highest BCUT2D eigenvalue weighted by Crippen LogP contribution is 2.14. The molecule has 0 radical (unpaired) electrons. The molecule has 0 heterocycles. The van der Waals surface area contributed by atoms with E-state index in [4.69, 9.17) is 28.9 Å². The van der Waals surface area contributed by atoms with Gasteiger partial charge in [0, 0.05) is 38.8 Å². The van der Waals surface area contributed by atoms with Crippen LogP contribution in [0.1, 0.15) is 75.8 Å². The Morgan fingerprint density at radius 2 is 0.894 bits per heavy atom. The molecule has 9 amide bonds. The topological polar surface area (TPSA) is 420 Å². The summed E-state index contributed by atoms with van der Waals surface area (Å²) in [6.07, 6.45) is -2.60. The van der Waals surface area contributed by atoms with E-state index in [2.05, 4.69) is 42.8 Å². The summed E-state index contributed by atoms with van der Waals surface area (Å²) in [7, 11) is 0. The number of hydrogen-bond acceptors (Lipinski definition) is 15. The highest BCUT2D eigenvalue weighted by Gasteiger charge is 2.34. The molecule has 364 valence electrons. The number of carbonyl (C=O) groups excluding carboxylic acids is 9. The van der Waals surface area contributed by atoms with E-state index in [1.807, 2.05) is 0 Å². The fourth-order valence-corrected chi connectivity index (χ4v) is 6.50. The van der Waals surface area contributed by atoms with E-state index in [9.17, 15) is 53.4 Å². The monoisotopic (exact) mass is 927 g/mol. The van der Waals surface area contributed by atoms with E-state index in [0.717, 1.165) is 0 Å². The van der Waals surface area contributed by atoms with Gasteiger partial charge in [-0.2, -0.15) is 0 Å². The SMILES string of the molecule is C[C@@H](O)CC(=O)N[C@@H](CCCNN)C(=O)N[C@H](CCC(N)=O)C(=O)N[C@@H](CCC(N)=O)C(=O)N[C@H](Cc1ccc(O)cc1)C(=O)N[C@@H](CCCNN)C(=O)N[C@H](Cc1ccccc1)C(N)=O. The molecular weight excluding hydrogens is 863 g/mol. The van der Waals surface area contributed by atoms with Crippen molar-refractivity contribution in [3.63, 3.8) is 0 Å². The number of amides is 9. The lowest BCUT2D eigenvalue weighted by molar-refractivity contribution is -0.136. The van der Waals surface area contributed by atoms with Crippen LogP contribution in [0.25, 0.3) is 0 Å². The third-order valence-corrected chi connectivity index (χ3v) is 9.97. The van der Waals surface area contributed by atoms with Gasteiger partial charge in [0.05, 0.1) is 12.5 Å². The predicted molar refractivity (Wildman–Crippen MR) is 239 cm³/mol. The number of aliphatic hydroxyl groups excluding tert-OH is 1. The van der Waals surface area contributed by atoms with Crippen LogP contribution in [-0.2, 0) is 56.0 Å². The highest BCUT2D eigenvalue weighted by molar-refractivity contribution is 5.97. The number of primary amides is 3. The smallest absolute Gasteiger partial charge is 0.243 e. The molecule has 2 rings (SSSR count). The number of nitrogens with two attached hydrogens (primary N) is 5. The number of aromatic hydroxyl groups is 1. The molecule has 2 aromatic rings. The number of phenolic OH excluding ortho intramolecular Hbond substituents is 1. The van der Waals surface area contributed by atoms with Crippen LogP contribution in [0.4, 0.5) is 0 Å². The van der Waals surface area contributed by atoms with Crippen LogP contribution in [0.3, 0.4) is 0 Å². The summed E-state index contributed by atoms with van der Waals surface area (Å²) in [6, 6.07) is 6.05. The average Bonchev–Trinajstić information content (AvgIpc) is 3.25. The zero-order chi connectivity index (χ0) is 49.2. The van der Waals surface area contributed by atoms with Gasteiger partial charge in [-0.25, -0.2) is 0 Å². The normalized spacial score (nSPS) is 14.1. The van der Waals surface area contributed by atoms with Crippen LogP contribution in [-0.4, -0.2) is 119 Å². The van der Waals surface area contributed by atoms with E-state index in [1.165, 1.54) is 31.2 Å². The van der Waals surface area contributed by atoms with Crippen molar-refractivity contribution in [1.29, 1.82) is 0 Å². The first-order valence-corrected chi connectivity index (χ1v) is 21.4. The second kappa shape index (κ2) is 29.7. The number of carbonyl (C=O) groups is 9. The standard InChI is InChI=1S/C42H65N13O11/c1-24(56)21-36(60)50-28(9-5-19-48-46)38(62)52-30(15-17-34(43)58)40(64)53-31(16-18-35(44)59)41(65)55-33(23-26-11-13-27(57)14-12-26)42(66)51-29(10-6-20-49-47)39(63)54-32(37(45)61)22-25-7-3-2-4-8-25/h2-4,7-8,11-14,24,28-33,48-49,56-57H,5-6,9-10,15-23,46-47H2,1H3,(H2,43,58)(H2,44,59)(H2,45,61)(H,50,60)(H,51,66)(H,52,62)(H,53,64)(H,54,63)(H,55,65)/t24-,28+,29+,30-,31+,32-,33-/m1/s1. The lowest BCUT2D eigenvalue weighted by Gasteiger charge is -2.28. The quantitative estimate of drug-likeness (QED) is 0.0186. The molecule has 0 bridgehead atoms. The van der Waals surface area contributed by atoms with Crippen molar-refractivity contribution in [1.82, 2.24) is 42.8 Å². The summed E-state index contributed by atoms with van der Waals surface area (Å²) in [5, 5.41) is 34.8. The van der Waals surface area contributed by atoms with Gasteiger partial charge < -0.3 is 59.3 Å². The van der Waals surface area contributed by atoms with Crippen molar-refractivity contribution in [2.24, 2.45) is 28.9 Å². The Balaban J connectivity index is 2.47. The second-order valence-corrected chi connectivity index (χ2v) is 15.6. The first-order chi connectivity index (χ1) is 31.3. The van der Waals surface area contributed by atoms with Gasteiger partial charge in [0.1, 0.15) is 42.0 Å². The number of benzene rings is 2. The molecule has 2 aromatic carbocycles. The summed E-state index contributed by atoms with van der Waals surface area (Å²) >= 11 is 0. The molecule has 0 spiro atoms.